The van der Waals surface area contributed by atoms with Crippen LogP contribution in [0.1, 0.15) is 33.1 Å². The van der Waals surface area contributed by atoms with Gasteiger partial charge in [-0.3, -0.25) is 4.79 Å². The monoisotopic (exact) mass is 242 g/mol. The van der Waals surface area contributed by atoms with Gasteiger partial charge in [0.1, 0.15) is 0 Å². The molecule has 3 N–H and O–H groups in total. The van der Waals surface area contributed by atoms with E-state index in [9.17, 15) is 9.59 Å². The van der Waals surface area contributed by atoms with Crippen molar-refractivity contribution in [3.05, 3.63) is 0 Å². The average molecular weight is 242 g/mol. The molecule has 3 unspecified atom stereocenters. The van der Waals surface area contributed by atoms with Crippen molar-refractivity contribution in [3.8, 4) is 0 Å². The number of carbonyl (C=O) groups excluding carboxylic acids is 1. The van der Waals surface area contributed by atoms with Gasteiger partial charge < -0.3 is 15.7 Å². The highest BCUT2D eigenvalue weighted by molar-refractivity contribution is 5.73. The molecule has 0 aromatic carbocycles. The Morgan fingerprint density at radius 1 is 1.41 bits per heavy atom. The summed E-state index contributed by atoms with van der Waals surface area (Å²) in [5, 5.41) is 14.1. The third kappa shape index (κ3) is 6.14. The molecule has 0 bridgehead atoms. The molecule has 1 fully saturated rings. The number of carboxylic acids is 1. The third-order valence-electron chi connectivity index (χ3n) is 3.26. The second kappa shape index (κ2) is 6.47. The molecule has 1 aliphatic carbocycles. The van der Waals surface area contributed by atoms with Gasteiger partial charge in [-0.2, -0.15) is 0 Å². The molecule has 5 nitrogen and oxygen atoms in total. The Labute approximate surface area is 102 Å². The van der Waals surface area contributed by atoms with Gasteiger partial charge in [0.25, 0.3) is 0 Å². The molecular formula is C12H22N2O3. The molecule has 1 saturated carbocycles. The summed E-state index contributed by atoms with van der Waals surface area (Å²) in [6.07, 6.45) is 1.95. The lowest BCUT2D eigenvalue weighted by Gasteiger charge is -2.12. The van der Waals surface area contributed by atoms with E-state index in [1.165, 1.54) is 6.42 Å². The molecule has 0 aromatic rings. The zero-order valence-corrected chi connectivity index (χ0v) is 10.5. The first-order valence-corrected chi connectivity index (χ1v) is 6.22. The summed E-state index contributed by atoms with van der Waals surface area (Å²) in [7, 11) is 0. The van der Waals surface area contributed by atoms with Crippen molar-refractivity contribution in [2.24, 2.45) is 17.8 Å². The summed E-state index contributed by atoms with van der Waals surface area (Å²) in [4.78, 5) is 21.7. The highest BCUT2D eigenvalue weighted by Gasteiger charge is 2.32. The van der Waals surface area contributed by atoms with Gasteiger partial charge in [0, 0.05) is 19.5 Å². The molecule has 0 heterocycles. The maximum atomic E-state index is 11.4. The normalized spacial score (nSPS) is 23.9. The Bertz CT molecular complexity index is 281. The molecule has 5 heteroatoms. The van der Waals surface area contributed by atoms with Crippen LogP contribution < -0.4 is 10.6 Å². The van der Waals surface area contributed by atoms with Gasteiger partial charge in [0.2, 0.25) is 0 Å². The standard InChI is InChI=1S/C12H22N2O3/c1-8(3-4-11(15)16)6-13-12(17)14-7-10-5-9(10)2/h8-10H,3-7H2,1-2H3,(H,15,16)(H2,13,14,17). The van der Waals surface area contributed by atoms with Crippen molar-refractivity contribution in [3.63, 3.8) is 0 Å². The van der Waals surface area contributed by atoms with Crippen LogP contribution in [0.2, 0.25) is 0 Å². The summed E-state index contributed by atoms with van der Waals surface area (Å²) >= 11 is 0. The number of urea groups is 1. The van der Waals surface area contributed by atoms with Crippen molar-refractivity contribution in [1.29, 1.82) is 0 Å². The first kappa shape index (κ1) is 13.8. The van der Waals surface area contributed by atoms with E-state index < -0.39 is 5.97 Å². The van der Waals surface area contributed by atoms with Crippen LogP contribution >= 0.6 is 0 Å². The molecule has 17 heavy (non-hydrogen) atoms. The lowest BCUT2D eigenvalue weighted by Crippen LogP contribution is -2.38. The summed E-state index contributed by atoms with van der Waals surface area (Å²) in [6, 6.07) is -0.147. The van der Waals surface area contributed by atoms with Crippen molar-refractivity contribution >= 4 is 12.0 Å². The van der Waals surface area contributed by atoms with Crippen LogP contribution in [0.3, 0.4) is 0 Å². The van der Waals surface area contributed by atoms with Gasteiger partial charge in [0.05, 0.1) is 0 Å². The second-order valence-corrected chi connectivity index (χ2v) is 5.10. The lowest BCUT2D eigenvalue weighted by molar-refractivity contribution is -0.137. The molecule has 0 radical (unpaired) electrons. The van der Waals surface area contributed by atoms with Gasteiger partial charge >= 0.3 is 12.0 Å². The number of rotatable bonds is 7. The molecule has 2 amide bonds. The van der Waals surface area contributed by atoms with Crippen LogP contribution in [0.15, 0.2) is 0 Å². The number of carbonyl (C=O) groups is 2. The Kier molecular flexibility index (Phi) is 5.25. The Morgan fingerprint density at radius 3 is 2.59 bits per heavy atom. The topological polar surface area (TPSA) is 78.4 Å². The highest BCUT2D eigenvalue weighted by Crippen LogP contribution is 2.36. The Morgan fingerprint density at radius 2 is 2.06 bits per heavy atom. The molecule has 98 valence electrons. The maximum absolute atomic E-state index is 11.4. The quantitative estimate of drug-likeness (QED) is 0.632. The van der Waals surface area contributed by atoms with E-state index in [-0.39, 0.29) is 18.4 Å². The number of amides is 2. The van der Waals surface area contributed by atoms with E-state index in [1.54, 1.807) is 0 Å². The summed E-state index contributed by atoms with van der Waals surface area (Å²) in [5.74, 6) is 0.788. The molecule has 1 rings (SSSR count). The fourth-order valence-corrected chi connectivity index (χ4v) is 1.71. The van der Waals surface area contributed by atoms with E-state index in [0.717, 1.165) is 12.5 Å². The summed E-state index contributed by atoms with van der Waals surface area (Å²) in [6.45, 7) is 5.39. The largest absolute Gasteiger partial charge is 0.481 e. The van der Waals surface area contributed by atoms with Gasteiger partial charge in [-0.25, -0.2) is 4.79 Å². The molecule has 0 aliphatic heterocycles. The lowest BCUT2D eigenvalue weighted by atomic mass is 10.1. The molecule has 0 saturated heterocycles. The van der Waals surface area contributed by atoms with Gasteiger partial charge in [-0.15, -0.1) is 0 Å². The number of hydrogen-bond acceptors (Lipinski definition) is 2. The SMILES string of the molecule is CC(CCC(=O)O)CNC(=O)NCC1CC1C. The maximum Gasteiger partial charge on any atom is 0.314 e. The zero-order valence-electron chi connectivity index (χ0n) is 10.5. The Balaban J connectivity index is 2.00. The van der Waals surface area contributed by atoms with Gasteiger partial charge in [-0.1, -0.05) is 13.8 Å². The summed E-state index contributed by atoms with van der Waals surface area (Å²) in [5.41, 5.74) is 0. The minimum atomic E-state index is -0.788. The predicted octanol–water partition coefficient (Wildman–Crippen LogP) is 1.44. The van der Waals surface area contributed by atoms with Gasteiger partial charge in [0.15, 0.2) is 0 Å². The summed E-state index contributed by atoms with van der Waals surface area (Å²) < 4.78 is 0. The minimum Gasteiger partial charge on any atom is -0.481 e. The van der Waals surface area contributed by atoms with Crippen molar-refractivity contribution in [1.82, 2.24) is 10.6 Å². The smallest absolute Gasteiger partial charge is 0.314 e. The van der Waals surface area contributed by atoms with E-state index in [2.05, 4.69) is 17.6 Å². The van der Waals surface area contributed by atoms with Crippen molar-refractivity contribution < 1.29 is 14.7 Å². The van der Waals surface area contributed by atoms with Crippen LogP contribution in [-0.4, -0.2) is 30.2 Å². The van der Waals surface area contributed by atoms with Crippen LogP contribution in [0.4, 0.5) is 4.79 Å². The second-order valence-electron chi connectivity index (χ2n) is 5.10. The first-order valence-electron chi connectivity index (χ1n) is 6.22. The van der Waals surface area contributed by atoms with Crippen molar-refractivity contribution in [2.75, 3.05) is 13.1 Å². The minimum absolute atomic E-state index is 0.147. The van der Waals surface area contributed by atoms with Crippen LogP contribution in [0.25, 0.3) is 0 Å². The molecule has 0 aromatic heterocycles. The van der Waals surface area contributed by atoms with Crippen LogP contribution in [0, 0.1) is 17.8 Å². The molecular weight excluding hydrogens is 220 g/mol. The predicted molar refractivity (Wildman–Crippen MR) is 64.7 cm³/mol. The number of hydrogen-bond donors (Lipinski definition) is 3. The Hall–Kier alpha value is -1.26. The van der Waals surface area contributed by atoms with E-state index in [1.807, 2.05) is 6.92 Å². The molecule has 3 atom stereocenters. The van der Waals surface area contributed by atoms with E-state index in [4.69, 9.17) is 5.11 Å². The fraction of sp³-hybridized carbons (Fsp3) is 0.833. The zero-order chi connectivity index (χ0) is 12.8. The van der Waals surface area contributed by atoms with E-state index >= 15 is 0 Å². The van der Waals surface area contributed by atoms with Crippen LogP contribution in [-0.2, 0) is 4.79 Å². The third-order valence-corrected chi connectivity index (χ3v) is 3.26. The molecule has 1 aliphatic rings. The number of nitrogens with one attached hydrogen (secondary N) is 2. The number of carboxylic acid groups (broad SMARTS) is 1. The first-order chi connectivity index (χ1) is 7.99. The average Bonchev–Trinajstić information content (AvgIpc) is 2.97. The van der Waals surface area contributed by atoms with Gasteiger partial charge in [-0.05, 0) is 30.6 Å². The molecule has 0 spiro atoms. The highest BCUT2D eigenvalue weighted by atomic mass is 16.4. The number of aliphatic carboxylic acids is 1. The van der Waals surface area contributed by atoms with Crippen LogP contribution in [0.5, 0.6) is 0 Å². The van der Waals surface area contributed by atoms with Crippen molar-refractivity contribution in [2.45, 2.75) is 33.1 Å². The fourth-order valence-electron chi connectivity index (χ4n) is 1.71. The van der Waals surface area contributed by atoms with E-state index in [0.29, 0.717) is 18.9 Å².